The van der Waals surface area contributed by atoms with E-state index in [2.05, 4.69) is 10.6 Å². The van der Waals surface area contributed by atoms with Crippen LogP contribution < -0.4 is 10.6 Å². The molecule has 2 rings (SSSR count). The monoisotopic (exact) mass is 356 g/mol. The molecule has 7 heteroatoms. The lowest BCUT2D eigenvalue weighted by atomic mass is 10.1. The number of anilines is 1. The first-order valence-corrected chi connectivity index (χ1v) is 7.66. The van der Waals surface area contributed by atoms with E-state index in [4.69, 9.17) is 11.6 Å². The average molecular weight is 357 g/mol. The van der Waals surface area contributed by atoms with Gasteiger partial charge in [0.25, 0.3) is 0 Å². The number of benzene rings is 2. The number of hydrogen-bond donors (Lipinski definition) is 2. The third-order valence-corrected chi connectivity index (χ3v) is 3.58. The minimum atomic E-state index is -4.62. The minimum absolute atomic E-state index is 0.0494. The topological polar surface area (TPSA) is 41.1 Å². The third kappa shape index (κ3) is 4.49. The summed E-state index contributed by atoms with van der Waals surface area (Å²) in [6.45, 7) is 2.30. The first kappa shape index (κ1) is 18.3. The molecule has 0 heterocycles. The van der Waals surface area contributed by atoms with Gasteiger partial charge in [-0.3, -0.25) is 4.79 Å². The Balaban J connectivity index is 2.31. The molecule has 0 radical (unpaired) electrons. The van der Waals surface area contributed by atoms with Gasteiger partial charge >= 0.3 is 6.18 Å². The van der Waals surface area contributed by atoms with Gasteiger partial charge in [-0.1, -0.05) is 48.9 Å². The lowest BCUT2D eigenvalue weighted by molar-refractivity contribution is -0.137. The van der Waals surface area contributed by atoms with Gasteiger partial charge in [0.05, 0.1) is 11.3 Å². The summed E-state index contributed by atoms with van der Waals surface area (Å²) in [7, 11) is 0. The summed E-state index contributed by atoms with van der Waals surface area (Å²) < 4.78 is 39.4. The highest BCUT2D eigenvalue weighted by Gasteiger charge is 2.34. The predicted molar refractivity (Wildman–Crippen MR) is 87.9 cm³/mol. The Labute approximate surface area is 142 Å². The van der Waals surface area contributed by atoms with Gasteiger partial charge in [0.15, 0.2) is 0 Å². The maximum atomic E-state index is 13.1. The molecule has 0 saturated carbocycles. The number of amides is 1. The fourth-order valence-corrected chi connectivity index (χ4v) is 2.45. The molecule has 2 aromatic rings. The Morgan fingerprint density at radius 3 is 2.42 bits per heavy atom. The molecule has 0 aromatic heterocycles. The van der Waals surface area contributed by atoms with Crippen LogP contribution in [-0.2, 0) is 11.0 Å². The van der Waals surface area contributed by atoms with E-state index in [1.807, 2.05) is 6.92 Å². The van der Waals surface area contributed by atoms with Crippen molar-refractivity contribution in [1.29, 1.82) is 0 Å². The summed E-state index contributed by atoms with van der Waals surface area (Å²) in [5, 5.41) is 5.27. The van der Waals surface area contributed by atoms with Crippen molar-refractivity contribution in [2.75, 3.05) is 11.9 Å². The molecule has 0 fully saturated rings. The Bertz CT molecular complexity index is 705. The fourth-order valence-electron chi connectivity index (χ4n) is 2.28. The van der Waals surface area contributed by atoms with Crippen LogP contribution in [0.2, 0.25) is 5.02 Å². The van der Waals surface area contributed by atoms with E-state index in [1.54, 1.807) is 30.3 Å². The third-order valence-electron chi connectivity index (χ3n) is 3.35. The first-order chi connectivity index (χ1) is 11.3. The van der Waals surface area contributed by atoms with Gasteiger partial charge < -0.3 is 10.6 Å². The second kappa shape index (κ2) is 7.68. The highest BCUT2D eigenvalue weighted by Crippen LogP contribution is 2.36. The van der Waals surface area contributed by atoms with Gasteiger partial charge in [0, 0.05) is 5.02 Å². The summed E-state index contributed by atoms with van der Waals surface area (Å²) in [5.74, 6) is -0.573. The van der Waals surface area contributed by atoms with Gasteiger partial charge in [-0.2, -0.15) is 13.2 Å². The van der Waals surface area contributed by atoms with Crippen LogP contribution >= 0.6 is 11.6 Å². The number of likely N-dealkylation sites (N-methyl/N-ethyl adjacent to an activating group) is 1. The molecule has 128 valence electrons. The zero-order chi connectivity index (χ0) is 17.7. The summed E-state index contributed by atoms with van der Waals surface area (Å²) in [4.78, 5) is 12.5. The highest BCUT2D eigenvalue weighted by molar-refractivity contribution is 6.30. The SMILES string of the molecule is CCN[C@H](C(=O)Nc1ccc(Cl)cc1C(F)(F)F)c1ccccc1. The van der Waals surface area contributed by atoms with Crippen molar-refractivity contribution < 1.29 is 18.0 Å². The Hall–Kier alpha value is -2.05. The molecule has 0 saturated heterocycles. The number of alkyl halides is 3. The molecule has 1 amide bonds. The highest BCUT2D eigenvalue weighted by atomic mass is 35.5. The Morgan fingerprint density at radius 2 is 1.83 bits per heavy atom. The van der Waals surface area contributed by atoms with E-state index in [1.165, 1.54) is 6.07 Å². The van der Waals surface area contributed by atoms with Crippen LogP contribution in [-0.4, -0.2) is 12.5 Å². The molecule has 2 aromatic carbocycles. The Morgan fingerprint density at radius 1 is 1.17 bits per heavy atom. The fraction of sp³-hybridized carbons (Fsp3) is 0.235. The molecule has 0 bridgehead atoms. The van der Waals surface area contributed by atoms with Crippen molar-refractivity contribution in [3.05, 3.63) is 64.7 Å². The van der Waals surface area contributed by atoms with Crippen LogP contribution in [0.25, 0.3) is 0 Å². The number of halogens is 4. The number of nitrogens with one attached hydrogen (secondary N) is 2. The van der Waals surface area contributed by atoms with E-state index in [0.717, 1.165) is 12.1 Å². The summed E-state index contributed by atoms with van der Waals surface area (Å²) in [6, 6.07) is 11.3. The molecule has 24 heavy (non-hydrogen) atoms. The Kier molecular flexibility index (Phi) is 5.85. The predicted octanol–water partition coefficient (Wildman–Crippen LogP) is 4.65. The van der Waals surface area contributed by atoms with Gasteiger partial charge in [0.2, 0.25) is 5.91 Å². The molecular weight excluding hydrogens is 341 g/mol. The molecular formula is C17H16ClF3N2O. The van der Waals surface area contributed by atoms with Crippen LogP contribution in [0.5, 0.6) is 0 Å². The van der Waals surface area contributed by atoms with Gasteiger partial charge in [-0.05, 0) is 30.3 Å². The van der Waals surface area contributed by atoms with Crippen molar-refractivity contribution in [3.63, 3.8) is 0 Å². The van der Waals surface area contributed by atoms with Crippen LogP contribution in [0.4, 0.5) is 18.9 Å². The molecule has 0 spiro atoms. The average Bonchev–Trinajstić information content (AvgIpc) is 2.54. The summed E-state index contributed by atoms with van der Waals surface area (Å²) in [5.41, 5.74) is -0.637. The lowest BCUT2D eigenvalue weighted by Crippen LogP contribution is -2.33. The molecule has 1 atom stereocenters. The zero-order valence-electron chi connectivity index (χ0n) is 12.8. The van der Waals surface area contributed by atoms with Crippen molar-refractivity contribution >= 4 is 23.2 Å². The van der Waals surface area contributed by atoms with Crippen LogP contribution in [0.3, 0.4) is 0 Å². The van der Waals surface area contributed by atoms with Crippen LogP contribution in [0.1, 0.15) is 24.1 Å². The largest absolute Gasteiger partial charge is 0.418 e. The van der Waals surface area contributed by atoms with E-state index in [-0.39, 0.29) is 10.7 Å². The van der Waals surface area contributed by atoms with Crippen LogP contribution in [0, 0.1) is 0 Å². The number of hydrogen-bond acceptors (Lipinski definition) is 2. The lowest BCUT2D eigenvalue weighted by Gasteiger charge is -2.20. The van der Waals surface area contributed by atoms with Crippen molar-refractivity contribution in [2.24, 2.45) is 0 Å². The van der Waals surface area contributed by atoms with Crippen LogP contribution in [0.15, 0.2) is 48.5 Å². The van der Waals surface area contributed by atoms with E-state index in [0.29, 0.717) is 12.1 Å². The normalized spacial score (nSPS) is 12.7. The van der Waals surface area contributed by atoms with Gasteiger partial charge in [-0.15, -0.1) is 0 Å². The minimum Gasteiger partial charge on any atom is -0.324 e. The second-order valence-corrected chi connectivity index (χ2v) is 5.51. The number of rotatable bonds is 5. The van der Waals surface area contributed by atoms with Crippen molar-refractivity contribution in [1.82, 2.24) is 5.32 Å². The quantitative estimate of drug-likeness (QED) is 0.818. The molecule has 0 unspecified atom stereocenters. The molecule has 3 nitrogen and oxygen atoms in total. The van der Waals surface area contributed by atoms with E-state index >= 15 is 0 Å². The van der Waals surface area contributed by atoms with Crippen molar-refractivity contribution in [2.45, 2.75) is 19.1 Å². The maximum absolute atomic E-state index is 13.1. The maximum Gasteiger partial charge on any atom is 0.418 e. The number of carbonyl (C=O) groups is 1. The molecule has 0 aliphatic rings. The molecule has 2 N–H and O–H groups in total. The van der Waals surface area contributed by atoms with E-state index in [9.17, 15) is 18.0 Å². The second-order valence-electron chi connectivity index (χ2n) is 5.08. The standard InChI is InChI=1S/C17H16ClF3N2O/c1-2-22-15(11-6-4-3-5-7-11)16(24)23-14-9-8-12(18)10-13(14)17(19,20)21/h3-10,15,22H,2H2,1H3,(H,23,24)/t15-/m0/s1. The van der Waals surface area contributed by atoms with Gasteiger partial charge in [0.1, 0.15) is 6.04 Å². The van der Waals surface area contributed by atoms with Gasteiger partial charge in [-0.25, -0.2) is 0 Å². The smallest absolute Gasteiger partial charge is 0.324 e. The molecule has 0 aliphatic heterocycles. The number of carbonyl (C=O) groups excluding carboxylic acids is 1. The first-order valence-electron chi connectivity index (χ1n) is 7.29. The van der Waals surface area contributed by atoms with E-state index < -0.39 is 23.7 Å². The zero-order valence-corrected chi connectivity index (χ0v) is 13.6. The summed E-state index contributed by atoms with van der Waals surface area (Å²) in [6.07, 6.45) is -4.62. The summed E-state index contributed by atoms with van der Waals surface area (Å²) >= 11 is 5.64. The van der Waals surface area contributed by atoms with Crippen molar-refractivity contribution in [3.8, 4) is 0 Å². The molecule has 0 aliphatic carbocycles.